The first-order chi connectivity index (χ1) is 13.4. The summed E-state index contributed by atoms with van der Waals surface area (Å²) in [5.41, 5.74) is 1.11. The molecule has 28 heavy (non-hydrogen) atoms. The van der Waals surface area contributed by atoms with E-state index < -0.39 is 0 Å². The minimum atomic E-state index is -0.290. The molecule has 1 atom stereocenters. The van der Waals surface area contributed by atoms with Crippen LogP contribution in [0.4, 0.5) is 10.5 Å². The highest BCUT2D eigenvalue weighted by Crippen LogP contribution is 2.21. The molecule has 2 saturated heterocycles. The van der Waals surface area contributed by atoms with E-state index in [9.17, 15) is 9.59 Å². The van der Waals surface area contributed by atoms with Crippen molar-refractivity contribution in [1.29, 1.82) is 0 Å². The quantitative estimate of drug-likeness (QED) is 0.830. The van der Waals surface area contributed by atoms with E-state index in [-0.39, 0.29) is 18.0 Å². The van der Waals surface area contributed by atoms with Crippen molar-refractivity contribution in [3.63, 3.8) is 0 Å². The van der Waals surface area contributed by atoms with Crippen molar-refractivity contribution in [3.05, 3.63) is 29.8 Å². The lowest BCUT2D eigenvalue weighted by Crippen LogP contribution is -2.55. The molecule has 2 N–H and O–H groups in total. The average molecular weight is 388 g/mol. The van der Waals surface area contributed by atoms with E-state index >= 15 is 0 Å². The molecule has 3 amide bonds. The van der Waals surface area contributed by atoms with Gasteiger partial charge in [0.05, 0.1) is 11.3 Å². The molecule has 2 aliphatic rings. The molecule has 0 aromatic heterocycles. The standard InChI is InChI=1S/C21H33N5O2/c1-16(2)22-21(28)23-19-9-5-4-8-18(19)20(27)26-13-11-25(12-14-26)17-7-6-10-24(3)15-17/h4-5,8-9,16-17H,6-7,10-15H2,1-3H3,(H2,22,23,28). The number of anilines is 1. The van der Waals surface area contributed by atoms with Crippen LogP contribution in [0.25, 0.3) is 0 Å². The van der Waals surface area contributed by atoms with Crippen LogP contribution in [0.1, 0.15) is 37.0 Å². The molecule has 1 aromatic rings. The number of amides is 3. The molecule has 7 heteroatoms. The zero-order valence-electron chi connectivity index (χ0n) is 17.3. The Morgan fingerprint density at radius 3 is 2.46 bits per heavy atom. The molecule has 0 radical (unpaired) electrons. The Morgan fingerprint density at radius 1 is 1.07 bits per heavy atom. The number of piperazine rings is 1. The number of likely N-dealkylation sites (tertiary alicyclic amines) is 1. The van der Waals surface area contributed by atoms with Crippen LogP contribution in [0.2, 0.25) is 0 Å². The first-order valence-corrected chi connectivity index (χ1v) is 10.3. The van der Waals surface area contributed by atoms with Crippen molar-refractivity contribution in [2.75, 3.05) is 51.6 Å². The second-order valence-corrected chi connectivity index (χ2v) is 8.19. The van der Waals surface area contributed by atoms with Gasteiger partial charge < -0.3 is 20.4 Å². The van der Waals surface area contributed by atoms with Gasteiger partial charge in [-0.15, -0.1) is 0 Å². The number of likely N-dealkylation sites (N-methyl/N-ethyl adjacent to an activating group) is 1. The topological polar surface area (TPSA) is 67.9 Å². The Bertz CT molecular complexity index is 685. The Kier molecular flexibility index (Phi) is 6.91. The second kappa shape index (κ2) is 9.39. The van der Waals surface area contributed by atoms with Gasteiger partial charge in [0, 0.05) is 44.8 Å². The third-order valence-corrected chi connectivity index (χ3v) is 5.54. The summed E-state index contributed by atoms with van der Waals surface area (Å²) >= 11 is 0. The third kappa shape index (κ3) is 5.23. The zero-order valence-corrected chi connectivity index (χ0v) is 17.3. The molecule has 0 saturated carbocycles. The van der Waals surface area contributed by atoms with Crippen LogP contribution in [0, 0.1) is 0 Å². The van der Waals surface area contributed by atoms with Crippen LogP contribution in [0.15, 0.2) is 24.3 Å². The predicted molar refractivity (Wildman–Crippen MR) is 112 cm³/mol. The van der Waals surface area contributed by atoms with Crippen LogP contribution in [-0.2, 0) is 0 Å². The van der Waals surface area contributed by atoms with Gasteiger partial charge in [0.15, 0.2) is 0 Å². The van der Waals surface area contributed by atoms with Crippen molar-refractivity contribution < 1.29 is 9.59 Å². The van der Waals surface area contributed by atoms with Gasteiger partial charge >= 0.3 is 6.03 Å². The minimum absolute atomic E-state index is 0.0131. The summed E-state index contributed by atoms with van der Waals surface area (Å²) in [6, 6.07) is 7.59. The fourth-order valence-corrected chi connectivity index (χ4v) is 4.10. The smallest absolute Gasteiger partial charge is 0.319 e. The van der Waals surface area contributed by atoms with Crippen LogP contribution >= 0.6 is 0 Å². The molecule has 154 valence electrons. The fourth-order valence-electron chi connectivity index (χ4n) is 4.10. The number of nitrogens with one attached hydrogen (secondary N) is 2. The Morgan fingerprint density at radius 2 is 1.79 bits per heavy atom. The zero-order chi connectivity index (χ0) is 20.1. The Balaban J connectivity index is 1.60. The molecule has 0 bridgehead atoms. The maximum Gasteiger partial charge on any atom is 0.319 e. The van der Waals surface area contributed by atoms with E-state index in [0.717, 1.165) is 32.7 Å². The van der Waals surface area contributed by atoms with Crippen LogP contribution < -0.4 is 10.6 Å². The predicted octanol–water partition coefficient (Wildman–Crippen LogP) is 2.07. The maximum absolute atomic E-state index is 13.1. The molecule has 2 fully saturated rings. The van der Waals surface area contributed by atoms with E-state index in [1.807, 2.05) is 30.9 Å². The minimum Gasteiger partial charge on any atom is -0.336 e. The van der Waals surface area contributed by atoms with Crippen molar-refractivity contribution in [2.45, 2.75) is 38.8 Å². The lowest BCUT2D eigenvalue weighted by molar-refractivity contribution is 0.0453. The second-order valence-electron chi connectivity index (χ2n) is 8.19. The molecular weight excluding hydrogens is 354 g/mol. The van der Waals surface area contributed by atoms with E-state index in [1.165, 1.54) is 19.4 Å². The highest BCUT2D eigenvalue weighted by Gasteiger charge is 2.29. The molecule has 3 rings (SSSR count). The average Bonchev–Trinajstić information content (AvgIpc) is 2.67. The van der Waals surface area contributed by atoms with Gasteiger partial charge in [-0.3, -0.25) is 9.69 Å². The molecule has 2 heterocycles. The van der Waals surface area contributed by atoms with Gasteiger partial charge in [0.25, 0.3) is 5.91 Å². The van der Waals surface area contributed by atoms with Gasteiger partial charge in [0.2, 0.25) is 0 Å². The molecule has 0 spiro atoms. The van der Waals surface area contributed by atoms with Crippen LogP contribution in [0.5, 0.6) is 0 Å². The van der Waals surface area contributed by atoms with Crippen LogP contribution in [-0.4, -0.2) is 85.0 Å². The highest BCUT2D eigenvalue weighted by molar-refractivity contribution is 6.03. The summed E-state index contributed by atoms with van der Waals surface area (Å²) in [5, 5.41) is 5.61. The first kappa shape index (κ1) is 20.6. The van der Waals surface area contributed by atoms with Crippen molar-refractivity contribution in [3.8, 4) is 0 Å². The highest BCUT2D eigenvalue weighted by atomic mass is 16.2. The SMILES string of the molecule is CC(C)NC(=O)Nc1ccccc1C(=O)N1CCN(C2CCCN(C)C2)CC1. The molecule has 0 aliphatic carbocycles. The van der Waals surface area contributed by atoms with Crippen molar-refractivity contribution >= 4 is 17.6 Å². The summed E-state index contributed by atoms with van der Waals surface area (Å²) < 4.78 is 0. The molecular formula is C21H33N5O2. The van der Waals surface area contributed by atoms with E-state index in [2.05, 4.69) is 27.5 Å². The number of para-hydroxylation sites is 1. The number of carbonyl (C=O) groups excluding carboxylic acids is 2. The van der Waals surface area contributed by atoms with E-state index in [0.29, 0.717) is 17.3 Å². The fraction of sp³-hybridized carbons (Fsp3) is 0.619. The summed E-state index contributed by atoms with van der Waals surface area (Å²) in [6.45, 7) is 9.38. The van der Waals surface area contributed by atoms with Crippen molar-refractivity contribution in [1.82, 2.24) is 20.0 Å². The number of nitrogens with zero attached hydrogens (tertiary/aromatic N) is 3. The summed E-state index contributed by atoms with van der Waals surface area (Å²) in [6.07, 6.45) is 2.49. The van der Waals surface area contributed by atoms with Gasteiger partial charge in [-0.25, -0.2) is 4.79 Å². The number of urea groups is 1. The summed E-state index contributed by atoms with van der Waals surface area (Å²) in [4.78, 5) is 32.0. The summed E-state index contributed by atoms with van der Waals surface area (Å²) in [5.74, 6) is -0.0131. The number of piperidine rings is 1. The number of carbonyl (C=O) groups is 2. The third-order valence-electron chi connectivity index (χ3n) is 5.54. The lowest BCUT2D eigenvalue weighted by Gasteiger charge is -2.42. The number of hydrogen-bond donors (Lipinski definition) is 2. The van der Waals surface area contributed by atoms with Gasteiger partial charge in [0.1, 0.15) is 0 Å². The Labute approximate surface area is 168 Å². The van der Waals surface area contributed by atoms with Gasteiger partial charge in [-0.2, -0.15) is 0 Å². The largest absolute Gasteiger partial charge is 0.336 e. The molecule has 7 nitrogen and oxygen atoms in total. The Hall–Kier alpha value is -2.12. The van der Waals surface area contributed by atoms with Gasteiger partial charge in [-0.1, -0.05) is 12.1 Å². The molecule has 1 aromatic carbocycles. The van der Waals surface area contributed by atoms with E-state index in [4.69, 9.17) is 0 Å². The monoisotopic (exact) mass is 387 g/mol. The number of rotatable bonds is 4. The molecule has 2 aliphatic heterocycles. The molecule has 1 unspecified atom stereocenters. The van der Waals surface area contributed by atoms with Crippen molar-refractivity contribution in [2.24, 2.45) is 0 Å². The first-order valence-electron chi connectivity index (χ1n) is 10.3. The maximum atomic E-state index is 13.1. The van der Waals surface area contributed by atoms with Gasteiger partial charge in [-0.05, 0) is 52.4 Å². The van der Waals surface area contributed by atoms with Crippen LogP contribution in [0.3, 0.4) is 0 Å². The van der Waals surface area contributed by atoms with E-state index in [1.54, 1.807) is 12.1 Å². The lowest BCUT2D eigenvalue weighted by atomic mass is 10.0. The summed E-state index contributed by atoms with van der Waals surface area (Å²) in [7, 11) is 2.19. The number of hydrogen-bond acceptors (Lipinski definition) is 4. The number of benzene rings is 1. The normalized spacial score (nSPS) is 21.6.